The van der Waals surface area contributed by atoms with Crippen LogP contribution in [-0.4, -0.2) is 52.3 Å². The van der Waals surface area contributed by atoms with Crippen LogP contribution in [0.5, 0.6) is 17.2 Å². The first kappa shape index (κ1) is 21.3. The number of anilines is 1. The van der Waals surface area contributed by atoms with Gasteiger partial charge in [-0.3, -0.25) is 9.59 Å². The first-order valence-electron chi connectivity index (χ1n) is 9.70. The highest BCUT2D eigenvalue weighted by Gasteiger charge is 2.31. The number of benzene rings is 2. The highest BCUT2D eigenvalue weighted by molar-refractivity contribution is 5.86. The molecule has 0 bridgehead atoms. The van der Waals surface area contributed by atoms with Crippen molar-refractivity contribution in [2.24, 2.45) is 0 Å². The second-order valence-corrected chi connectivity index (χ2v) is 6.97. The standard InChI is InChI=1S/C22H27N3O5/c1-14(16-11-15(28-3)9-10-18(16)29-4)24-21(26)13-25-12-20(22(27)23-2)30-19-8-6-5-7-17(19)25/h5-11,14,20H,12-13H2,1-4H3,(H,23,27)(H,24,26)/t14-,20+/m0/s1. The molecule has 1 aliphatic heterocycles. The number of carbonyl (C=O) groups excluding carboxylic acids is 2. The Morgan fingerprint density at radius 2 is 1.97 bits per heavy atom. The van der Waals surface area contributed by atoms with Crippen LogP contribution in [0.2, 0.25) is 0 Å². The smallest absolute Gasteiger partial charge is 0.262 e. The van der Waals surface area contributed by atoms with E-state index in [1.165, 1.54) is 0 Å². The molecule has 0 radical (unpaired) electrons. The van der Waals surface area contributed by atoms with Crippen LogP contribution in [0.15, 0.2) is 42.5 Å². The average Bonchev–Trinajstić information content (AvgIpc) is 2.77. The van der Waals surface area contributed by atoms with Gasteiger partial charge in [-0.15, -0.1) is 0 Å². The van der Waals surface area contributed by atoms with Gasteiger partial charge < -0.3 is 29.7 Å². The number of carbonyl (C=O) groups is 2. The second-order valence-electron chi connectivity index (χ2n) is 6.97. The number of hydrogen-bond acceptors (Lipinski definition) is 6. The van der Waals surface area contributed by atoms with Crippen LogP contribution in [0.3, 0.4) is 0 Å². The third-order valence-corrected chi connectivity index (χ3v) is 5.02. The third kappa shape index (κ3) is 4.59. The Kier molecular flexibility index (Phi) is 6.66. The Morgan fingerprint density at radius 3 is 2.67 bits per heavy atom. The molecule has 0 aliphatic carbocycles. The minimum atomic E-state index is -0.686. The zero-order chi connectivity index (χ0) is 21.7. The second kappa shape index (κ2) is 9.39. The molecule has 2 amide bonds. The lowest BCUT2D eigenvalue weighted by atomic mass is 10.1. The van der Waals surface area contributed by atoms with Crippen molar-refractivity contribution in [2.45, 2.75) is 19.1 Å². The van der Waals surface area contributed by atoms with Crippen LogP contribution in [0.1, 0.15) is 18.5 Å². The van der Waals surface area contributed by atoms with Gasteiger partial charge in [0.1, 0.15) is 17.2 Å². The minimum absolute atomic E-state index is 0.0878. The Balaban J connectivity index is 1.74. The number of nitrogens with zero attached hydrogens (tertiary/aromatic N) is 1. The van der Waals surface area contributed by atoms with Gasteiger partial charge in [0.15, 0.2) is 6.10 Å². The first-order chi connectivity index (χ1) is 14.5. The first-order valence-corrected chi connectivity index (χ1v) is 9.70. The van der Waals surface area contributed by atoms with E-state index in [4.69, 9.17) is 14.2 Å². The summed E-state index contributed by atoms with van der Waals surface area (Å²) in [6.45, 7) is 2.25. The largest absolute Gasteiger partial charge is 0.497 e. The Bertz CT molecular complexity index is 917. The van der Waals surface area contributed by atoms with Gasteiger partial charge in [0.05, 0.1) is 39.0 Å². The molecule has 2 aromatic carbocycles. The van der Waals surface area contributed by atoms with Gasteiger partial charge >= 0.3 is 0 Å². The molecule has 0 saturated heterocycles. The van der Waals surface area contributed by atoms with E-state index in [1.54, 1.807) is 33.4 Å². The van der Waals surface area contributed by atoms with E-state index in [0.29, 0.717) is 17.2 Å². The molecule has 2 aromatic rings. The number of methoxy groups -OCH3 is 2. The molecular weight excluding hydrogens is 386 g/mol. The zero-order valence-corrected chi connectivity index (χ0v) is 17.6. The molecule has 8 heteroatoms. The molecule has 2 N–H and O–H groups in total. The molecule has 8 nitrogen and oxygen atoms in total. The Morgan fingerprint density at radius 1 is 1.20 bits per heavy atom. The fourth-order valence-corrected chi connectivity index (χ4v) is 3.47. The predicted octanol–water partition coefficient (Wildman–Crippen LogP) is 1.89. The maximum atomic E-state index is 12.8. The maximum Gasteiger partial charge on any atom is 0.262 e. The molecule has 0 saturated carbocycles. The lowest BCUT2D eigenvalue weighted by Crippen LogP contribution is -2.50. The van der Waals surface area contributed by atoms with E-state index in [9.17, 15) is 9.59 Å². The van der Waals surface area contributed by atoms with E-state index in [2.05, 4.69) is 10.6 Å². The summed E-state index contributed by atoms with van der Waals surface area (Å²) in [7, 11) is 4.74. The number of hydrogen-bond donors (Lipinski definition) is 2. The van der Waals surface area contributed by atoms with Gasteiger partial charge in [-0.1, -0.05) is 12.1 Å². The number of ether oxygens (including phenoxy) is 3. The van der Waals surface area contributed by atoms with Crippen molar-refractivity contribution >= 4 is 17.5 Å². The fourth-order valence-electron chi connectivity index (χ4n) is 3.47. The molecule has 1 aliphatic rings. The van der Waals surface area contributed by atoms with Crippen molar-refractivity contribution < 1.29 is 23.8 Å². The number of rotatable bonds is 7. The SMILES string of the molecule is CNC(=O)[C@H]1CN(CC(=O)N[C@@H](C)c2cc(OC)ccc2OC)c2ccccc2O1. The number of fused-ring (bicyclic) bond motifs is 1. The highest BCUT2D eigenvalue weighted by atomic mass is 16.5. The summed E-state index contributed by atoms with van der Waals surface area (Å²) >= 11 is 0. The van der Waals surface area contributed by atoms with Gasteiger partial charge in [-0.25, -0.2) is 0 Å². The molecule has 1 heterocycles. The Labute approximate surface area is 176 Å². The Hall–Kier alpha value is -3.42. The van der Waals surface area contributed by atoms with Gasteiger partial charge in [0, 0.05) is 12.6 Å². The lowest BCUT2D eigenvalue weighted by molar-refractivity contribution is -0.127. The van der Waals surface area contributed by atoms with E-state index in [0.717, 1.165) is 11.3 Å². The average molecular weight is 413 g/mol. The molecule has 2 atom stereocenters. The minimum Gasteiger partial charge on any atom is -0.497 e. The van der Waals surface area contributed by atoms with Crippen molar-refractivity contribution in [3.05, 3.63) is 48.0 Å². The predicted molar refractivity (Wildman–Crippen MR) is 113 cm³/mol. The van der Waals surface area contributed by atoms with E-state index in [-0.39, 0.29) is 30.9 Å². The third-order valence-electron chi connectivity index (χ3n) is 5.02. The van der Waals surface area contributed by atoms with Crippen molar-refractivity contribution in [1.29, 1.82) is 0 Å². The normalized spacial score (nSPS) is 16.0. The van der Waals surface area contributed by atoms with Crippen molar-refractivity contribution in [3.8, 4) is 17.2 Å². The van der Waals surface area contributed by atoms with Crippen LogP contribution in [0.25, 0.3) is 0 Å². The fraction of sp³-hybridized carbons (Fsp3) is 0.364. The van der Waals surface area contributed by atoms with E-state index >= 15 is 0 Å². The van der Waals surface area contributed by atoms with Crippen molar-refractivity contribution in [1.82, 2.24) is 10.6 Å². The number of para-hydroxylation sites is 2. The summed E-state index contributed by atoms with van der Waals surface area (Å²) in [4.78, 5) is 26.8. The molecule has 0 aromatic heterocycles. The van der Waals surface area contributed by atoms with Gasteiger partial charge in [0.2, 0.25) is 5.91 Å². The van der Waals surface area contributed by atoms with E-state index in [1.807, 2.05) is 42.2 Å². The molecule has 0 fully saturated rings. The van der Waals surface area contributed by atoms with Crippen LogP contribution in [-0.2, 0) is 9.59 Å². The monoisotopic (exact) mass is 413 g/mol. The van der Waals surface area contributed by atoms with Gasteiger partial charge in [-0.05, 0) is 37.3 Å². The maximum absolute atomic E-state index is 12.8. The molecule has 30 heavy (non-hydrogen) atoms. The molecule has 0 unspecified atom stereocenters. The summed E-state index contributed by atoms with van der Waals surface area (Å²) in [5.74, 6) is 1.51. The van der Waals surface area contributed by atoms with Crippen LogP contribution in [0.4, 0.5) is 5.69 Å². The van der Waals surface area contributed by atoms with Gasteiger partial charge in [0.25, 0.3) is 5.91 Å². The number of amides is 2. The van der Waals surface area contributed by atoms with Crippen molar-refractivity contribution in [2.75, 3.05) is 39.3 Å². The lowest BCUT2D eigenvalue weighted by Gasteiger charge is -2.35. The quantitative estimate of drug-likeness (QED) is 0.721. The summed E-state index contributed by atoms with van der Waals surface area (Å²) in [5, 5.41) is 5.60. The van der Waals surface area contributed by atoms with Gasteiger partial charge in [-0.2, -0.15) is 0 Å². The molecule has 0 spiro atoms. The number of likely N-dealkylation sites (N-methyl/N-ethyl adjacent to an activating group) is 1. The summed E-state index contributed by atoms with van der Waals surface area (Å²) in [6, 6.07) is 12.5. The topological polar surface area (TPSA) is 89.1 Å². The zero-order valence-electron chi connectivity index (χ0n) is 17.6. The van der Waals surface area contributed by atoms with E-state index < -0.39 is 6.10 Å². The summed E-state index contributed by atoms with van der Waals surface area (Å²) < 4.78 is 16.5. The summed E-state index contributed by atoms with van der Waals surface area (Å²) in [6.07, 6.45) is -0.686. The molecular formula is C22H27N3O5. The van der Waals surface area contributed by atoms with Crippen LogP contribution < -0.4 is 29.7 Å². The van der Waals surface area contributed by atoms with Crippen LogP contribution in [0, 0.1) is 0 Å². The molecule has 3 rings (SSSR count). The highest BCUT2D eigenvalue weighted by Crippen LogP contribution is 2.33. The van der Waals surface area contributed by atoms with Crippen LogP contribution >= 0.6 is 0 Å². The summed E-state index contributed by atoms with van der Waals surface area (Å²) in [5.41, 5.74) is 1.59. The number of nitrogens with one attached hydrogen (secondary N) is 2. The van der Waals surface area contributed by atoms with Crippen molar-refractivity contribution in [3.63, 3.8) is 0 Å². The molecule has 160 valence electrons.